The van der Waals surface area contributed by atoms with Crippen molar-refractivity contribution in [2.45, 2.75) is 31.0 Å². The molecule has 3 N–H and O–H groups in total. The number of pyridine rings is 2. The number of ether oxygens (including phenoxy) is 1. The highest BCUT2D eigenvalue weighted by atomic mass is 35.5. The van der Waals surface area contributed by atoms with E-state index in [4.69, 9.17) is 16.3 Å². The van der Waals surface area contributed by atoms with Crippen LogP contribution in [0.15, 0.2) is 52.4 Å². The Morgan fingerprint density at radius 3 is 2.82 bits per heavy atom. The Morgan fingerprint density at radius 2 is 2.06 bits per heavy atom. The van der Waals surface area contributed by atoms with Gasteiger partial charge >= 0.3 is 0 Å². The second-order valence-electron chi connectivity index (χ2n) is 7.75. The van der Waals surface area contributed by atoms with Gasteiger partial charge in [-0.2, -0.15) is 0 Å². The van der Waals surface area contributed by atoms with Crippen LogP contribution in [0.1, 0.15) is 12.6 Å². The van der Waals surface area contributed by atoms with E-state index >= 15 is 0 Å². The summed E-state index contributed by atoms with van der Waals surface area (Å²) < 4.78 is 49.8. The molecule has 0 amide bonds. The molecule has 0 bridgehead atoms. The van der Waals surface area contributed by atoms with E-state index in [2.05, 4.69) is 15.0 Å². The van der Waals surface area contributed by atoms with Crippen LogP contribution in [-0.2, 0) is 27.9 Å². The molecule has 12 heteroatoms. The minimum absolute atomic E-state index is 0.0309. The number of aliphatic hydroxyl groups excluding tert-OH is 1. The number of fused-ring (bicyclic) bond motifs is 1. The number of aromatic nitrogens is 2. The maximum Gasteiger partial charge on any atom is 0.259 e. The molecule has 3 heterocycles. The number of aliphatic hydroxyl groups is 1. The van der Waals surface area contributed by atoms with E-state index in [9.17, 15) is 22.7 Å². The second kappa shape index (κ2) is 9.80. The molecule has 0 radical (unpaired) electrons. The summed E-state index contributed by atoms with van der Waals surface area (Å²) in [4.78, 5) is 16.9. The molecule has 0 spiro atoms. The average molecular weight is 509 g/mol. The largest absolute Gasteiger partial charge is 0.395 e. The molecule has 1 unspecified atom stereocenters. The van der Waals surface area contributed by atoms with E-state index in [1.807, 2.05) is 0 Å². The quantitative estimate of drug-likeness (QED) is 0.448. The Kier molecular flexibility index (Phi) is 7.01. The van der Waals surface area contributed by atoms with Crippen LogP contribution in [0.4, 0.5) is 15.8 Å². The first-order valence-electron chi connectivity index (χ1n) is 10.4. The van der Waals surface area contributed by atoms with E-state index in [0.29, 0.717) is 18.0 Å². The Hall–Kier alpha value is -2.83. The summed E-state index contributed by atoms with van der Waals surface area (Å²) >= 11 is 6.05. The van der Waals surface area contributed by atoms with E-state index < -0.39 is 27.4 Å². The Labute approximate surface area is 200 Å². The minimum Gasteiger partial charge on any atom is -0.395 e. The zero-order valence-corrected chi connectivity index (χ0v) is 19.7. The van der Waals surface area contributed by atoms with Crippen molar-refractivity contribution in [3.8, 4) is 11.1 Å². The molecule has 0 saturated carbocycles. The van der Waals surface area contributed by atoms with E-state index in [0.717, 1.165) is 0 Å². The van der Waals surface area contributed by atoms with Gasteiger partial charge in [-0.25, -0.2) is 17.5 Å². The predicted molar refractivity (Wildman–Crippen MR) is 125 cm³/mol. The molecule has 1 aliphatic heterocycles. The molecule has 3 aromatic rings. The van der Waals surface area contributed by atoms with Crippen molar-refractivity contribution in [2.75, 3.05) is 18.5 Å². The number of hydrogen-bond donors (Lipinski definition) is 3. The second-order valence-corrected chi connectivity index (χ2v) is 9.87. The number of sulfonamides is 1. The number of anilines is 2. The molecular weight excluding hydrogens is 487 g/mol. The molecule has 4 rings (SSSR count). The first-order valence-corrected chi connectivity index (χ1v) is 12.2. The van der Waals surface area contributed by atoms with Crippen molar-refractivity contribution in [1.29, 1.82) is 0 Å². The normalized spacial score (nSPS) is 14.5. The van der Waals surface area contributed by atoms with Gasteiger partial charge in [0.2, 0.25) is 10.0 Å². The topological polar surface area (TPSA) is 123 Å². The number of halogens is 2. The van der Waals surface area contributed by atoms with Gasteiger partial charge in [0.05, 0.1) is 42.5 Å². The highest BCUT2D eigenvalue weighted by Gasteiger charge is 2.24. The van der Waals surface area contributed by atoms with Gasteiger partial charge in [0.1, 0.15) is 10.7 Å². The molecule has 34 heavy (non-hydrogen) atoms. The average Bonchev–Trinajstić information content (AvgIpc) is 2.82. The minimum atomic E-state index is -4.04. The molecule has 1 aromatic carbocycles. The fourth-order valence-electron chi connectivity index (χ4n) is 3.63. The van der Waals surface area contributed by atoms with Gasteiger partial charge in [0.15, 0.2) is 0 Å². The third kappa shape index (κ3) is 4.84. The zero-order valence-electron chi connectivity index (χ0n) is 18.1. The van der Waals surface area contributed by atoms with Gasteiger partial charge in [-0.1, -0.05) is 11.6 Å². The SMILES string of the molecule is CC(CO)NS(=O)(=O)c1cnccc1Nc1cc(-c2cc(Cl)ccc2F)c(=O)n2c1COCC2. The van der Waals surface area contributed by atoms with Crippen LogP contribution in [0.3, 0.4) is 0 Å². The molecule has 0 fully saturated rings. The molecule has 0 aliphatic carbocycles. The molecular formula is C22H22ClFN4O5S. The lowest BCUT2D eigenvalue weighted by molar-refractivity contribution is 0.0832. The summed E-state index contributed by atoms with van der Waals surface area (Å²) in [6.45, 7) is 1.78. The molecule has 180 valence electrons. The lowest BCUT2D eigenvalue weighted by atomic mass is 10.0. The lowest BCUT2D eigenvalue weighted by Crippen LogP contribution is -2.35. The van der Waals surface area contributed by atoms with Crippen LogP contribution >= 0.6 is 11.6 Å². The summed E-state index contributed by atoms with van der Waals surface area (Å²) in [5.41, 5.74) is 0.719. The Balaban J connectivity index is 1.86. The fourth-order valence-corrected chi connectivity index (χ4v) is 5.14. The van der Waals surface area contributed by atoms with Crippen molar-refractivity contribution in [3.05, 3.63) is 69.6 Å². The predicted octanol–water partition coefficient (Wildman–Crippen LogP) is 2.64. The third-order valence-corrected chi connectivity index (χ3v) is 7.14. The first kappa shape index (κ1) is 24.3. The van der Waals surface area contributed by atoms with Crippen molar-refractivity contribution in [1.82, 2.24) is 14.3 Å². The maximum absolute atomic E-state index is 14.6. The number of nitrogens with zero attached hydrogens (tertiary/aromatic N) is 2. The highest BCUT2D eigenvalue weighted by molar-refractivity contribution is 7.89. The standard InChI is InChI=1S/C22H22ClFN4O5S/c1-13(11-29)27-34(31,32)21-10-25-5-4-18(21)26-19-9-16(15-8-14(23)2-3-17(15)24)22(30)28-6-7-33-12-20(19)28/h2-5,8-10,13,27,29H,6-7,11-12H2,1H3,(H,25,26). The summed E-state index contributed by atoms with van der Waals surface area (Å²) in [7, 11) is -4.04. The van der Waals surface area contributed by atoms with Crippen LogP contribution in [-0.4, -0.2) is 42.3 Å². The summed E-state index contributed by atoms with van der Waals surface area (Å²) in [6.07, 6.45) is 2.58. The van der Waals surface area contributed by atoms with Crippen LogP contribution in [0.5, 0.6) is 0 Å². The number of benzene rings is 1. The molecule has 9 nitrogen and oxygen atoms in total. The van der Waals surface area contributed by atoms with Gasteiger partial charge in [-0.05, 0) is 37.3 Å². The van der Waals surface area contributed by atoms with E-state index in [-0.39, 0.29) is 46.5 Å². The van der Waals surface area contributed by atoms with Gasteiger partial charge in [0.25, 0.3) is 5.56 Å². The van der Waals surface area contributed by atoms with Crippen LogP contribution < -0.4 is 15.6 Å². The number of hydrogen-bond acceptors (Lipinski definition) is 7. The molecule has 2 aromatic heterocycles. The van der Waals surface area contributed by atoms with Crippen molar-refractivity contribution in [2.24, 2.45) is 0 Å². The lowest BCUT2D eigenvalue weighted by Gasteiger charge is -2.24. The smallest absolute Gasteiger partial charge is 0.259 e. The van der Waals surface area contributed by atoms with Gasteiger partial charge in [0, 0.05) is 35.6 Å². The van der Waals surface area contributed by atoms with Crippen LogP contribution in [0.2, 0.25) is 5.02 Å². The molecule has 1 aliphatic rings. The fraction of sp³-hybridized carbons (Fsp3) is 0.273. The van der Waals surface area contributed by atoms with Gasteiger partial charge in [-0.3, -0.25) is 9.78 Å². The van der Waals surface area contributed by atoms with Crippen molar-refractivity contribution in [3.63, 3.8) is 0 Å². The van der Waals surface area contributed by atoms with Crippen molar-refractivity contribution < 1.29 is 22.7 Å². The van der Waals surface area contributed by atoms with E-state index in [1.165, 1.54) is 54.2 Å². The highest BCUT2D eigenvalue weighted by Crippen LogP contribution is 2.32. The van der Waals surface area contributed by atoms with E-state index in [1.54, 1.807) is 0 Å². The third-order valence-electron chi connectivity index (χ3n) is 5.29. The molecule has 0 saturated heterocycles. The number of rotatable bonds is 7. The monoisotopic (exact) mass is 508 g/mol. The summed E-state index contributed by atoms with van der Waals surface area (Å²) in [5, 5.41) is 12.6. The maximum atomic E-state index is 14.6. The first-order chi connectivity index (χ1) is 16.2. The van der Waals surface area contributed by atoms with Crippen LogP contribution in [0, 0.1) is 5.82 Å². The zero-order chi connectivity index (χ0) is 24.5. The Morgan fingerprint density at radius 1 is 1.26 bits per heavy atom. The molecule has 1 atom stereocenters. The van der Waals surface area contributed by atoms with Crippen molar-refractivity contribution >= 4 is 33.0 Å². The Bertz CT molecular complexity index is 1400. The van der Waals surface area contributed by atoms with Gasteiger partial charge in [-0.15, -0.1) is 0 Å². The van der Waals surface area contributed by atoms with Gasteiger partial charge < -0.3 is 19.7 Å². The number of nitrogens with one attached hydrogen (secondary N) is 2. The summed E-state index contributed by atoms with van der Waals surface area (Å²) in [6, 6.07) is 6.14. The summed E-state index contributed by atoms with van der Waals surface area (Å²) in [5.74, 6) is -0.616. The van der Waals surface area contributed by atoms with Crippen LogP contribution in [0.25, 0.3) is 11.1 Å².